The number of nitrogens with zero attached hydrogens (tertiary/aromatic N) is 2. The first-order valence-electron chi connectivity index (χ1n) is 6.45. The summed E-state index contributed by atoms with van der Waals surface area (Å²) in [7, 11) is 0. The third-order valence-electron chi connectivity index (χ3n) is 2.74. The minimum atomic E-state index is -0.589. The maximum atomic E-state index is 12.8. The average Bonchev–Trinajstić information content (AvgIpc) is 2.52. The van der Waals surface area contributed by atoms with Gasteiger partial charge in [-0.25, -0.2) is 9.37 Å². The first-order valence-corrected chi connectivity index (χ1v) is 6.45. The maximum absolute atomic E-state index is 12.8. The molecule has 0 saturated carbocycles. The van der Waals surface area contributed by atoms with E-state index in [1.54, 1.807) is 18.3 Å². The van der Waals surface area contributed by atoms with E-state index in [2.05, 4.69) is 15.6 Å². The van der Waals surface area contributed by atoms with Crippen LogP contribution in [0.5, 0.6) is 0 Å². The van der Waals surface area contributed by atoms with Crippen molar-refractivity contribution in [3.8, 4) is 6.07 Å². The number of aryl methyl sites for hydroxylation is 1. The molecule has 0 fully saturated rings. The van der Waals surface area contributed by atoms with E-state index < -0.39 is 11.7 Å². The normalized spacial score (nSPS) is 10.7. The van der Waals surface area contributed by atoms with Gasteiger partial charge in [0.05, 0.1) is 0 Å². The fourth-order valence-electron chi connectivity index (χ4n) is 1.58. The van der Waals surface area contributed by atoms with Crippen LogP contribution in [0.25, 0.3) is 0 Å². The number of carbonyl (C=O) groups is 1. The molecule has 110 valence electrons. The molecule has 0 saturated heterocycles. The molecular weight excluding hydrogens is 283 g/mol. The molecule has 1 amide bonds. The molecule has 0 aliphatic heterocycles. The summed E-state index contributed by atoms with van der Waals surface area (Å²) in [6.45, 7) is 1.91. The van der Waals surface area contributed by atoms with Crippen molar-refractivity contribution in [2.75, 3.05) is 10.6 Å². The molecule has 22 heavy (non-hydrogen) atoms. The zero-order chi connectivity index (χ0) is 15.9. The highest BCUT2D eigenvalue weighted by molar-refractivity contribution is 6.06. The van der Waals surface area contributed by atoms with E-state index >= 15 is 0 Å². The Morgan fingerprint density at radius 2 is 2.00 bits per heavy atom. The van der Waals surface area contributed by atoms with Crippen LogP contribution >= 0.6 is 0 Å². The Morgan fingerprint density at radius 3 is 2.59 bits per heavy atom. The predicted molar refractivity (Wildman–Crippen MR) is 81.3 cm³/mol. The van der Waals surface area contributed by atoms with Crippen molar-refractivity contribution in [1.29, 1.82) is 5.26 Å². The molecule has 0 radical (unpaired) electrons. The number of carbonyl (C=O) groups excluding carboxylic acids is 1. The summed E-state index contributed by atoms with van der Waals surface area (Å²) < 4.78 is 12.8. The van der Waals surface area contributed by atoms with Crippen LogP contribution < -0.4 is 10.6 Å². The summed E-state index contributed by atoms with van der Waals surface area (Å²) in [5.74, 6) is -0.470. The van der Waals surface area contributed by atoms with Crippen LogP contribution in [0.4, 0.5) is 15.9 Å². The summed E-state index contributed by atoms with van der Waals surface area (Å²) >= 11 is 0. The number of aromatic nitrogens is 1. The van der Waals surface area contributed by atoms with Gasteiger partial charge in [-0.05, 0) is 42.8 Å². The number of anilines is 2. The van der Waals surface area contributed by atoms with Crippen LogP contribution in [0.3, 0.4) is 0 Å². The van der Waals surface area contributed by atoms with Gasteiger partial charge in [-0.1, -0.05) is 6.07 Å². The van der Waals surface area contributed by atoms with Crippen molar-refractivity contribution in [1.82, 2.24) is 4.98 Å². The quantitative estimate of drug-likeness (QED) is 0.671. The van der Waals surface area contributed by atoms with Gasteiger partial charge in [0.15, 0.2) is 0 Å². The van der Waals surface area contributed by atoms with Gasteiger partial charge < -0.3 is 10.6 Å². The molecule has 0 atom stereocenters. The summed E-state index contributed by atoms with van der Waals surface area (Å²) in [5.41, 5.74) is 1.29. The Kier molecular flexibility index (Phi) is 4.83. The minimum absolute atomic E-state index is 0.119. The Bertz CT molecular complexity index is 730. The highest BCUT2D eigenvalue weighted by Gasteiger charge is 2.09. The molecular formula is C16H13FN4O. The lowest BCUT2D eigenvalue weighted by Gasteiger charge is -2.05. The van der Waals surface area contributed by atoms with Gasteiger partial charge in [-0.15, -0.1) is 0 Å². The molecule has 5 nitrogen and oxygen atoms in total. The van der Waals surface area contributed by atoms with E-state index in [4.69, 9.17) is 5.26 Å². The molecule has 1 heterocycles. The van der Waals surface area contributed by atoms with Crippen LogP contribution in [-0.2, 0) is 4.79 Å². The predicted octanol–water partition coefficient (Wildman–Crippen LogP) is 2.99. The molecule has 2 N–H and O–H groups in total. The number of nitrogens with one attached hydrogen (secondary N) is 2. The number of hydrogen-bond donors (Lipinski definition) is 2. The van der Waals surface area contributed by atoms with Gasteiger partial charge in [0.1, 0.15) is 23.3 Å². The van der Waals surface area contributed by atoms with Gasteiger partial charge in [0.2, 0.25) is 0 Å². The molecule has 2 aromatic rings. The lowest BCUT2D eigenvalue weighted by molar-refractivity contribution is -0.112. The monoisotopic (exact) mass is 296 g/mol. The lowest BCUT2D eigenvalue weighted by Crippen LogP contribution is -2.14. The highest BCUT2D eigenvalue weighted by Crippen LogP contribution is 2.10. The van der Waals surface area contributed by atoms with E-state index in [9.17, 15) is 9.18 Å². The number of nitriles is 1. The van der Waals surface area contributed by atoms with Crippen molar-refractivity contribution in [3.05, 3.63) is 65.7 Å². The lowest BCUT2D eigenvalue weighted by atomic mass is 10.2. The van der Waals surface area contributed by atoms with E-state index in [0.29, 0.717) is 11.5 Å². The van der Waals surface area contributed by atoms with Crippen LogP contribution in [0, 0.1) is 24.1 Å². The van der Waals surface area contributed by atoms with Crippen molar-refractivity contribution in [3.63, 3.8) is 0 Å². The smallest absolute Gasteiger partial charge is 0.267 e. The van der Waals surface area contributed by atoms with Gasteiger partial charge >= 0.3 is 0 Å². The van der Waals surface area contributed by atoms with Crippen molar-refractivity contribution in [2.45, 2.75) is 6.92 Å². The summed E-state index contributed by atoms with van der Waals surface area (Å²) in [6.07, 6.45) is 2.94. The van der Waals surface area contributed by atoms with E-state index in [1.165, 1.54) is 30.5 Å². The summed E-state index contributed by atoms with van der Waals surface area (Å²) in [6, 6.07) is 10.7. The molecule has 0 unspecified atom stereocenters. The van der Waals surface area contributed by atoms with Crippen molar-refractivity contribution >= 4 is 17.4 Å². The van der Waals surface area contributed by atoms with E-state index in [0.717, 1.165) is 5.56 Å². The van der Waals surface area contributed by atoms with Gasteiger partial charge in [0, 0.05) is 18.1 Å². The average molecular weight is 296 g/mol. The molecule has 0 bridgehead atoms. The fraction of sp³-hybridized carbons (Fsp3) is 0.0625. The Morgan fingerprint density at radius 1 is 1.27 bits per heavy atom. The SMILES string of the molecule is Cc1ccc(N/C=C(/C#N)C(=O)Nc2ccc(F)cc2)nc1. The van der Waals surface area contributed by atoms with E-state index in [-0.39, 0.29) is 5.57 Å². The van der Waals surface area contributed by atoms with Crippen LogP contribution in [0.15, 0.2) is 54.4 Å². The number of hydrogen-bond acceptors (Lipinski definition) is 4. The molecule has 0 spiro atoms. The Hall–Kier alpha value is -3.20. The number of amides is 1. The second-order valence-electron chi connectivity index (χ2n) is 4.50. The molecule has 1 aromatic heterocycles. The zero-order valence-electron chi connectivity index (χ0n) is 11.8. The van der Waals surface area contributed by atoms with Crippen LogP contribution in [0.1, 0.15) is 5.56 Å². The van der Waals surface area contributed by atoms with Gasteiger partial charge in [-0.2, -0.15) is 5.26 Å². The number of halogens is 1. The van der Waals surface area contributed by atoms with Crippen molar-refractivity contribution in [2.24, 2.45) is 0 Å². The van der Waals surface area contributed by atoms with Crippen LogP contribution in [0.2, 0.25) is 0 Å². The molecule has 2 rings (SSSR count). The molecule has 0 aliphatic carbocycles. The topological polar surface area (TPSA) is 77.8 Å². The van der Waals surface area contributed by atoms with Crippen molar-refractivity contribution < 1.29 is 9.18 Å². The van der Waals surface area contributed by atoms with E-state index in [1.807, 2.05) is 13.0 Å². The maximum Gasteiger partial charge on any atom is 0.267 e. The van der Waals surface area contributed by atoms with Crippen LogP contribution in [-0.4, -0.2) is 10.9 Å². The standard InChI is InChI=1S/C16H13FN4O/c1-11-2-7-15(19-9-11)20-10-12(8-18)16(22)21-14-5-3-13(17)4-6-14/h2-7,9-10H,1H3,(H,19,20)(H,21,22)/b12-10-. The first-order chi connectivity index (χ1) is 10.6. The Balaban J connectivity index is 2.05. The van der Waals surface area contributed by atoms with Gasteiger partial charge in [0.25, 0.3) is 5.91 Å². The number of benzene rings is 1. The first kappa shape index (κ1) is 15.2. The molecule has 1 aromatic carbocycles. The highest BCUT2D eigenvalue weighted by atomic mass is 19.1. The summed E-state index contributed by atoms with van der Waals surface area (Å²) in [4.78, 5) is 16.0. The second-order valence-corrected chi connectivity index (χ2v) is 4.50. The fourth-order valence-corrected chi connectivity index (χ4v) is 1.58. The largest absolute Gasteiger partial charge is 0.345 e. The zero-order valence-corrected chi connectivity index (χ0v) is 11.8. The minimum Gasteiger partial charge on any atom is -0.345 e. The third kappa shape index (κ3) is 4.15. The number of rotatable bonds is 4. The third-order valence-corrected chi connectivity index (χ3v) is 2.74. The second kappa shape index (κ2) is 6.99. The summed E-state index contributed by atoms with van der Waals surface area (Å²) in [5, 5.41) is 14.3. The number of pyridine rings is 1. The Labute approximate surface area is 127 Å². The molecule has 6 heteroatoms. The van der Waals surface area contributed by atoms with Gasteiger partial charge in [-0.3, -0.25) is 4.79 Å². The molecule has 0 aliphatic rings.